The van der Waals surface area contributed by atoms with E-state index >= 15 is 0 Å². The molecule has 0 aliphatic heterocycles. The number of aliphatic hydroxyl groups is 1. The second kappa shape index (κ2) is 5.83. The zero-order chi connectivity index (χ0) is 11.3. The first-order valence-electron chi connectivity index (χ1n) is 6.14. The zero-order valence-electron chi connectivity index (χ0n) is 10.3. The van der Waals surface area contributed by atoms with Crippen molar-refractivity contribution >= 4 is 0 Å². The van der Waals surface area contributed by atoms with Gasteiger partial charge in [-0.15, -0.1) is 0 Å². The Morgan fingerprint density at radius 1 is 1.07 bits per heavy atom. The van der Waals surface area contributed by atoms with E-state index in [1.807, 2.05) is 0 Å². The molecule has 0 spiro atoms. The van der Waals surface area contributed by atoms with Crippen molar-refractivity contribution < 1.29 is 5.11 Å². The SMILES string of the molecule is CC(C)(C)NCCNC1CCC(O)CC1. The van der Waals surface area contributed by atoms with Crippen LogP contribution in [0.4, 0.5) is 0 Å². The van der Waals surface area contributed by atoms with Crippen molar-refractivity contribution in [3.05, 3.63) is 0 Å². The number of hydrogen-bond acceptors (Lipinski definition) is 3. The van der Waals surface area contributed by atoms with E-state index < -0.39 is 0 Å². The van der Waals surface area contributed by atoms with Crippen LogP contribution >= 0.6 is 0 Å². The zero-order valence-corrected chi connectivity index (χ0v) is 10.3. The lowest BCUT2D eigenvalue weighted by atomic mass is 9.93. The topological polar surface area (TPSA) is 44.3 Å². The Hall–Kier alpha value is -0.120. The summed E-state index contributed by atoms with van der Waals surface area (Å²) in [5.74, 6) is 0. The highest BCUT2D eigenvalue weighted by atomic mass is 16.3. The summed E-state index contributed by atoms with van der Waals surface area (Å²) >= 11 is 0. The van der Waals surface area contributed by atoms with Gasteiger partial charge in [0.1, 0.15) is 0 Å². The molecule has 1 aliphatic rings. The molecule has 1 aliphatic carbocycles. The van der Waals surface area contributed by atoms with Gasteiger partial charge in [-0.25, -0.2) is 0 Å². The Labute approximate surface area is 93.6 Å². The molecule has 3 nitrogen and oxygen atoms in total. The molecule has 3 heteroatoms. The normalized spacial score (nSPS) is 28.0. The summed E-state index contributed by atoms with van der Waals surface area (Å²) < 4.78 is 0. The Balaban J connectivity index is 2.01. The number of hydrogen-bond donors (Lipinski definition) is 3. The first kappa shape index (κ1) is 12.9. The van der Waals surface area contributed by atoms with Gasteiger partial charge >= 0.3 is 0 Å². The van der Waals surface area contributed by atoms with Crippen molar-refractivity contribution in [2.45, 2.75) is 64.1 Å². The average molecular weight is 214 g/mol. The van der Waals surface area contributed by atoms with Crippen LogP contribution in [-0.2, 0) is 0 Å². The molecule has 0 unspecified atom stereocenters. The summed E-state index contributed by atoms with van der Waals surface area (Å²) in [4.78, 5) is 0. The summed E-state index contributed by atoms with van der Waals surface area (Å²) in [6, 6.07) is 0.621. The molecule has 0 bridgehead atoms. The quantitative estimate of drug-likeness (QED) is 0.618. The highest BCUT2D eigenvalue weighted by molar-refractivity contribution is 4.77. The van der Waals surface area contributed by atoms with Gasteiger partial charge < -0.3 is 15.7 Å². The maximum atomic E-state index is 9.37. The third-order valence-electron chi connectivity index (χ3n) is 2.91. The molecule has 0 atom stereocenters. The Kier molecular flexibility index (Phi) is 5.03. The van der Waals surface area contributed by atoms with E-state index in [1.165, 1.54) is 0 Å². The molecule has 15 heavy (non-hydrogen) atoms. The van der Waals surface area contributed by atoms with Gasteiger partial charge in [-0.1, -0.05) is 0 Å². The van der Waals surface area contributed by atoms with Crippen molar-refractivity contribution in [2.75, 3.05) is 13.1 Å². The van der Waals surface area contributed by atoms with Gasteiger partial charge in [-0.3, -0.25) is 0 Å². The van der Waals surface area contributed by atoms with E-state index in [1.54, 1.807) is 0 Å². The number of aliphatic hydroxyl groups excluding tert-OH is 1. The Bertz CT molecular complexity index is 169. The molecule has 1 saturated carbocycles. The fraction of sp³-hybridized carbons (Fsp3) is 1.00. The Morgan fingerprint density at radius 2 is 1.67 bits per heavy atom. The standard InChI is InChI=1S/C12H26N2O/c1-12(2,3)14-9-8-13-10-4-6-11(15)7-5-10/h10-11,13-15H,4-9H2,1-3H3. The smallest absolute Gasteiger partial charge is 0.0541 e. The minimum absolute atomic E-state index is 0.0456. The second-order valence-corrected chi connectivity index (χ2v) is 5.64. The summed E-state index contributed by atoms with van der Waals surface area (Å²) in [6.07, 6.45) is 4.12. The third-order valence-corrected chi connectivity index (χ3v) is 2.91. The summed E-state index contributed by atoms with van der Waals surface area (Å²) in [5, 5.41) is 16.4. The third kappa shape index (κ3) is 6.13. The van der Waals surface area contributed by atoms with Crippen molar-refractivity contribution in [1.82, 2.24) is 10.6 Å². The van der Waals surface area contributed by atoms with Crippen molar-refractivity contribution in [3.8, 4) is 0 Å². The van der Waals surface area contributed by atoms with Crippen molar-refractivity contribution in [2.24, 2.45) is 0 Å². The lowest BCUT2D eigenvalue weighted by Crippen LogP contribution is -2.43. The molecule has 0 amide bonds. The minimum Gasteiger partial charge on any atom is -0.393 e. The van der Waals surface area contributed by atoms with Crippen LogP contribution in [0.3, 0.4) is 0 Å². The van der Waals surface area contributed by atoms with Crippen LogP contribution in [0.5, 0.6) is 0 Å². The molecule has 1 fully saturated rings. The summed E-state index contributed by atoms with van der Waals surface area (Å²) in [6.45, 7) is 8.60. The maximum Gasteiger partial charge on any atom is 0.0541 e. The molecule has 0 aromatic carbocycles. The predicted octanol–water partition coefficient (Wildman–Crippen LogP) is 1.27. The monoisotopic (exact) mass is 214 g/mol. The van der Waals surface area contributed by atoms with Crippen LogP contribution in [0.15, 0.2) is 0 Å². The van der Waals surface area contributed by atoms with E-state index in [9.17, 15) is 5.11 Å². The molecule has 0 aromatic rings. The summed E-state index contributed by atoms with van der Waals surface area (Å²) in [5.41, 5.74) is 0.213. The fourth-order valence-electron chi connectivity index (χ4n) is 1.99. The molecular weight excluding hydrogens is 188 g/mol. The predicted molar refractivity (Wildman–Crippen MR) is 64.0 cm³/mol. The van der Waals surface area contributed by atoms with E-state index in [4.69, 9.17) is 0 Å². The lowest BCUT2D eigenvalue weighted by molar-refractivity contribution is 0.117. The molecule has 90 valence electrons. The lowest BCUT2D eigenvalue weighted by Gasteiger charge is -2.27. The van der Waals surface area contributed by atoms with Crippen LogP contribution in [0.25, 0.3) is 0 Å². The first-order chi connectivity index (χ1) is 6.97. The molecule has 0 heterocycles. The minimum atomic E-state index is -0.0456. The van der Waals surface area contributed by atoms with E-state index in [0.717, 1.165) is 38.8 Å². The molecule has 0 saturated heterocycles. The number of rotatable bonds is 4. The van der Waals surface area contributed by atoms with Crippen LogP contribution in [0.1, 0.15) is 46.5 Å². The molecule has 0 aromatic heterocycles. The van der Waals surface area contributed by atoms with E-state index in [2.05, 4.69) is 31.4 Å². The van der Waals surface area contributed by atoms with Crippen molar-refractivity contribution in [1.29, 1.82) is 0 Å². The molecule has 3 N–H and O–H groups in total. The van der Waals surface area contributed by atoms with Crippen LogP contribution in [-0.4, -0.2) is 35.9 Å². The maximum absolute atomic E-state index is 9.37. The molecular formula is C12H26N2O. The van der Waals surface area contributed by atoms with Gasteiger partial charge in [-0.2, -0.15) is 0 Å². The highest BCUT2D eigenvalue weighted by Gasteiger charge is 2.18. The number of nitrogens with one attached hydrogen (secondary N) is 2. The van der Waals surface area contributed by atoms with E-state index in [-0.39, 0.29) is 11.6 Å². The van der Waals surface area contributed by atoms with Crippen molar-refractivity contribution in [3.63, 3.8) is 0 Å². The van der Waals surface area contributed by atoms with Crippen LogP contribution in [0, 0.1) is 0 Å². The first-order valence-corrected chi connectivity index (χ1v) is 6.14. The van der Waals surface area contributed by atoms with Gasteiger partial charge in [0, 0.05) is 24.7 Å². The second-order valence-electron chi connectivity index (χ2n) is 5.64. The van der Waals surface area contributed by atoms with Gasteiger partial charge in [0.2, 0.25) is 0 Å². The largest absolute Gasteiger partial charge is 0.393 e. The van der Waals surface area contributed by atoms with Gasteiger partial charge in [0.25, 0.3) is 0 Å². The van der Waals surface area contributed by atoms with Crippen LogP contribution < -0.4 is 10.6 Å². The fourth-order valence-corrected chi connectivity index (χ4v) is 1.99. The Morgan fingerprint density at radius 3 is 2.20 bits per heavy atom. The van der Waals surface area contributed by atoms with Gasteiger partial charge in [0.15, 0.2) is 0 Å². The van der Waals surface area contributed by atoms with Crippen LogP contribution in [0.2, 0.25) is 0 Å². The average Bonchev–Trinajstić information content (AvgIpc) is 2.14. The molecule has 0 radical (unpaired) electrons. The van der Waals surface area contributed by atoms with E-state index in [0.29, 0.717) is 6.04 Å². The molecule has 1 rings (SSSR count). The highest BCUT2D eigenvalue weighted by Crippen LogP contribution is 2.17. The van der Waals surface area contributed by atoms with Gasteiger partial charge in [0.05, 0.1) is 6.10 Å². The summed E-state index contributed by atoms with van der Waals surface area (Å²) in [7, 11) is 0. The van der Waals surface area contributed by atoms with Gasteiger partial charge in [-0.05, 0) is 46.5 Å².